The monoisotopic (exact) mass is 346 g/mol. The maximum atomic E-state index is 11.9. The maximum absolute atomic E-state index is 11.9. The van der Waals surface area contributed by atoms with Crippen molar-refractivity contribution in [2.75, 3.05) is 14.2 Å². The molecule has 1 aromatic carbocycles. The van der Waals surface area contributed by atoms with Crippen LogP contribution in [0.5, 0.6) is 0 Å². The zero-order valence-electron chi connectivity index (χ0n) is 15.5. The smallest absolute Gasteiger partial charge is 0.465 e. The zero-order valence-corrected chi connectivity index (χ0v) is 15.5. The molecule has 7 nitrogen and oxygen atoms in total. The molecule has 0 spiro atoms. The van der Waals surface area contributed by atoms with E-state index in [0.29, 0.717) is 11.2 Å². The van der Waals surface area contributed by atoms with Crippen LogP contribution in [0, 0.1) is 0 Å². The van der Waals surface area contributed by atoms with Gasteiger partial charge < -0.3 is 18.8 Å². The molecule has 0 bridgehead atoms. The second-order valence-corrected chi connectivity index (χ2v) is 7.11. The number of hydrogen-bond acceptors (Lipinski definition) is 6. The standard InChI is InChI=1S/C17H23BN2O5/c1-16(2)17(3,4)25-18(24-16)14-12-9-11(15(21)23-6)7-8-13(12)20(19-14)10-22-5/h7-9H,10H2,1-6H3. The molecule has 0 atom stereocenters. The Labute approximate surface area is 147 Å². The minimum atomic E-state index is -0.626. The number of esters is 1. The fourth-order valence-corrected chi connectivity index (χ4v) is 2.80. The molecule has 1 aromatic heterocycles. The average molecular weight is 346 g/mol. The van der Waals surface area contributed by atoms with Gasteiger partial charge in [-0.15, -0.1) is 0 Å². The molecule has 1 fully saturated rings. The summed E-state index contributed by atoms with van der Waals surface area (Å²) in [6, 6.07) is 5.28. The van der Waals surface area contributed by atoms with E-state index in [2.05, 4.69) is 5.10 Å². The number of benzene rings is 1. The van der Waals surface area contributed by atoms with Gasteiger partial charge in [0.1, 0.15) is 12.3 Å². The van der Waals surface area contributed by atoms with Crippen LogP contribution in [0.1, 0.15) is 38.1 Å². The van der Waals surface area contributed by atoms with Crippen LogP contribution >= 0.6 is 0 Å². The SMILES string of the molecule is COCn1nc(B2OC(C)(C)C(C)(C)O2)c2cc(C(=O)OC)ccc21. The molecule has 1 aliphatic rings. The molecule has 3 rings (SSSR count). The van der Waals surface area contributed by atoms with E-state index in [1.807, 2.05) is 33.8 Å². The first-order chi connectivity index (χ1) is 11.7. The predicted octanol–water partition coefficient (Wildman–Crippen LogP) is 1.73. The van der Waals surface area contributed by atoms with E-state index in [-0.39, 0.29) is 6.73 Å². The molecule has 1 saturated heterocycles. The van der Waals surface area contributed by atoms with Crippen molar-refractivity contribution < 1.29 is 23.6 Å². The number of carbonyl (C=O) groups excluding carboxylic acids is 1. The molecule has 1 aliphatic heterocycles. The van der Waals surface area contributed by atoms with E-state index in [4.69, 9.17) is 18.8 Å². The van der Waals surface area contributed by atoms with Crippen LogP contribution in [0.15, 0.2) is 18.2 Å². The van der Waals surface area contributed by atoms with Gasteiger partial charge in [-0.2, -0.15) is 5.10 Å². The number of nitrogens with zero attached hydrogens (tertiary/aromatic N) is 2. The lowest BCUT2D eigenvalue weighted by Crippen LogP contribution is -2.41. The third-order valence-corrected chi connectivity index (χ3v) is 4.93. The number of carbonyl (C=O) groups is 1. The van der Waals surface area contributed by atoms with Crippen molar-refractivity contribution >= 4 is 29.6 Å². The molecule has 0 unspecified atom stereocenters. The first-order valence-electron chi connectivity index (χ1n) is 8.13. The van der Waals surface area contributed by atoms with Crippen molar-refractivity contribution in [3.8, 4) is 0 Å². The lowest BCUT2D eigenvalue weighted by atomic mass is 9.82. The summed E-state index contributed by atoms with van der Waals surface area (Å²) in [5, 5.41) is 5.38. The van der Waals surface area contributed by atoms with E-state index in [1.54, 1.807) is 23.9 Å². The normalized spacial score (nSPS) is 18.7. The highest BCUT2D eigenvalue weighted by Crippen LogP contribution is 2.37. The summed E-state index contributed by atoms with van der Waals surface area (Å²) in [6.45, 7) is 8.23. The molecule has 2 aromatic rings. The Morgan fingerprint density at radius 2 is 1.84 bits per heavy atom. The Hall–Kier alpha value is -1.90. The average Bonchev–Trinajstić information content (AvgIpc) is 3.01. The molecule has 8 heteroatoms. The van der Waals surface area contributed by atoms with Gasteiger partial charge in [0, 0.05) is 12.5 Å². The summed E-state index contributed by atoms with van der Waals surface area (Å²) in [5.41, 5.74) is 0.949. The van der Waals surface area contributed by atoms with E-state index in [0.717, 1.165) is 10.9 Å². The van der Waals surface area contributed by atoms with Crippen LogP contribution in [-0.4, -0.2) is 48.3 Å². The first kappa shape index (κ1) is 17.9. The van der Waals surface area contributed by atoms with Gasteiger partial charge in [-0.1, -0.05) is 0 Å². The third kappa shape index (κ3) is 2.94. The van der Waals surface area contributed by atoms with E-state index >= 15 is 0 Å². The summed E-state index contributed by atoms with van der Waals surface area (Å²) in [6.07, 6.45) is 0. The Morgan fingerprint density at radius 1 is 1.20 bits per heavy atom. The quantitative estimate of drug-likeness (QED) is 0.620. The van der Waals surface area contributed by atoms with Crippen molar-refractivity contribution in [2.24, 2.45) is 0 Å². The zero-order chi connectivity index (χ0) is 18.4. The van der Waals surface area contributed by atoms with Crippen molar-refractivity contribution in [3.63, 3.8) is 0 Å². The third-order valence-electron chi connectivity index (χ3n) is 4.93. The molecular formula is C17H23BN2O5. The number of fused-ring (bicyclic) bond motifs is 1. The summed E-state index contributed by atoms with van der Waals surface area (Å²) >= 11 is 0. The number of hydrogen-bond donors (Lipinski definition) is 0. The van der Waals surface area contributed by atoms with Gasteiger partial charge in [0.15, 0.2) is 0 Å². The van der Waals surface area contributed by atoms with Crippen molar-refractivity contribution in [3.05, 3.63) is 23.8 Å². The summed E-state index contributed by atoms with van der Waals surface area (Å²) in [5.74, 6) is -0.402. The summed E-state index contributed by atoms with van der Waals surface area (Å²) < 4.78 is 24.0. The first-order valence-corrected chi connectivity index (χ1v) is 8.13. The molecule has 0 amide bonds. The predicted molar refractivity (Wildman–Crippen MR) is 93.8 cm³/mol. The molecule has 134 valence electrons. The second-order valence-electron chi connectivity index (χ2n) is 7.11. The summed E-state index contributed by atoms with van der Waals surface area (Å²) in [4.78, 5) is 11.9. The van der Waals surface area contributed by atoms with Crippen LogP contribution in [0.2, 0.25) is 0 Å². The van der Waals surface area contributed by atoms with Gasteiger partial charge in [-0.25, -0.2) is 9.48 Å². The van der Waals surface area contributed by atoms with Gasteiger partial charge in [-0.05, 0) is 45.9 Å². The number of aromatic nitrogens is 2. The number of rotatable bonds is 4. The minimum absolute atomic E-state index is 0.285. The Morgan fingerprint density at radius 3 is 2.40 bits per heavy atom. The molecule has 0 N–H and O–H groups in total. The van der Waals surface area contributed by atoms with Crippen molar-refractivity contribution in [2.45, 2.75) is 45.6 Å². The highest BCUT2D eigenvalue weighted by molar-refractivity contribution is 6.64. The van der Waals surface area contributed by atoms with Crippen LogP contribution in [0.25, 0.3) is 10.9 Å². The van der Waals surface area contributed by atoms with Crippen LogP contribution in [0.3, 0.4) is 0 Å². The van der Waals surface area contributed by atoms with Gasteiger partial charge in [0.2, 0.25) is 0 Å². The van der Waals surface area contributed by atoms with Gasteiger partial charge in [0.25, 0.3) is 0 Å². The second kappa shape index (κ2) is 6.12. The van der Waals surface area contributed by atoms with E-state index in [1.165, 1.54) is 7.11 Å². The molecular weight excluding hydrogens is 323 g/mol. The lowest BCUT2D eigenvalue weighted by molar-refractivity contribution is 0.00578. The molecule has 0 saturated carbocycles. The number of methoxy groups -OCH3 is 2. The molecule has 0 radical (unpaired) electrons. The molecule has 0 aliphatic carbocycles. The Balaban J connectivity index is 2.12. The lowest BCUT2D eigenvalue weighted by Gasteiger charge is -2.32. The van der Waals surface area contributed by atoms with E-state index in [9.17, 15) is 4.79 Å². The van der Waals surface area contributed by atoms with Crippen LogP contribution < -0.4 is 5.59 Å². The number of ether oxygens (including phenoxy) is 2. The fourth-order valence-electron chi connectivity index (χ4n) is 2.80. The van der Waals surface area contributed by atoms with Crippen molar-refractivity contribution in [1.29, 1.82) is 0 Å². The van der Waals surface area contributed by atoms with Crippen LogP contribution in [-0.2, 0) is 25.5 Å². The highest BCUT2D eigenvalue weighted by atomic mass is 16.7. The van der Waals surface area contributed by atoms with E-state index < -0.39 is 24.3 Å². The summed E-state index contributed by atoms with van der Waals surface area (Å²) in [7, 11) is 2.33. The molecule has 25 heavy (non-hydrogen) atoms. The van der Waals surface area contributed by atoms with Gasteiger partial charge >= 0.3 is 13.1 Å². The highest BCUT2D eigenvalue weighted by Gasteiger charge is 2.53. The van der Waals surface area contributed by atoms with Crippen molar-refractivity contribution in [1.82, 2.24) is 9.78 Å². The van der Waals surface area contributed by atoms with Crippen LogP contribution in [0.4, 0.5) is 0 Å². The Kier molecular flexibility index (Phi) is 4.39. The van der Waals surface area contributed by atoms with Gasteiger partial charge in [0.05, 0.1) is 29.4 Å². The topological polar surface area (TPSA) is 71.8 Å². The minimum Gasteiger partial charge on any atom is -0.465 e. The molecule has 2 heterocycles. The fraction of sp³-hybridized carbons (Fsp3) is 0.529. The largest absolute Gasteiger partial charge is 0.517 e. The Bertz CT molecular complexity index is 799. The van der Waals surface area contributed by atoms with Gasteiger partial charge in [-0.3, -0.25) is 0 Å². The maximum Gasteiger partial charge on any atom is 0.517 e.